The molecule has 0 atom stereocenters. The van der Waals surface area contributed by atoms with Crippen molar-refractivity contribution in [3.63, 3.8) is 0 Å². The summed E-state index contributed by atoms with van der Waals surface area (Å²) in [7, 11) is 0. The fourth-order valence-electron chi connectivity index (χ4n) is 2.61. The number of fused-ring (bicyclic) bond motifs is 1. The molecule has 1 aliphatic heterocycles. The minimum Gasteiger partial charge on any atom is -0.486 e. The third kappa shape index (κ3) is 4.14. The Labute approximate surface area is 156 Å². The van der Waals surface area contributed by atoms with Crippen LogP contribution in [0.4, 0.5) is 0 Å². The van der Waals surface area contributed by atoms with Crippen LogP contribution in [0, 0.1) is 0 Å². The van der Waals surface area contributed by atoms with Crippen LogP contribution < -0.4 is 9.47 Å². The van der Waals surface area contributed by atoms with Gasteiger partial charge in [-0.1, -0.05) is 42.5 Å². The van der Waals surface area contributed by atoms with Crippen LogP contribution in [0.5, 0.6) is 11.5 Å². The van der Waals surface area contributed by atoms with Gasteiger partial charge < -0.3 is 9.47 Å². The molecule has 0 amide bonds. The second-order valence-corrected chi connectivity index (χ2v) is 8.25. The number of benzene rings is 3. The molecule has 1 heterocycles. The third-order valence-electron chi connectivity index (χ3n) is 3.81. The van der Waals surface area contributed by atoms with Gasteiger partial charge in [0.2, 0.25) is 0 Å². The maximum Gasteiger partial charge on any atom is 0.161 e. The van der Waals surface area contributed by atoms with Gasteiger partial charge in [-0.3, -0.25) is 0 Å². The molecule has 3 aromatic carbocycles. The lowest BCUT2D eigenvalue weighted by atomic mass is 10.2. The van der Waals surface area contributed by atoms with Gasteiger partial charge in [-0.2, -0.15) is 0 Å². The summed E-state index contributed by atoms with van der Waals surface area (Å²) < 4.78 is 11.7. The first kappa shape index (κ1) is 16.4. The van der Waals surface area contributed by atoms with Crippen molar-refractivity contribution in [2.45, 2.75) is 14.4 Å². The van der Waals surface area contributed by atoms with Crippen LogP contribution >= 0.6 is 23.5 Å². The molecule has 4 heteroatoms. The minimum atomic E-state index is 0.237. The molecule has 0 aromatic heterocycles. The van der Waals surface area contributed by atoms with Crippen molar-refractivity contribution in [1.29, 1.82) is 0 Å². The van der Waals surface area contributed by atoms with Crippen LogP contribution in [0.1, 0.15) is 10.1 Å². The van der Waals surface area contributed by atoms with Gasteiger partial charge in [0.15, 0.2) is 11.5 Å². The van der Waals surface area contributed by atoms with E-state index >= 15 is 0 Å². The van der Waals surface area contributed by atoms with Crippen molar-refractivity contribution < 1.29 is 9.47 Å². The van der Waals surface area contributed by atoms with E-state index in [2.05, 4.69) is 60.7 Å². The van der Waals surface area contributed by atoms with E-state index in [4.69, 9.17) is 9.47 Å². The zero-order valence-corrected chi connectivity index (χ0v) is 15.3. The Morgan fingerprint density at radius 1 is 0.640 bits per heavy atom. The SMILES string of the molecule is c1ccc(SC(Sc2ccccc2)c2ccc3c(c2)OCCO3)cc1. The molecule has 0 aliphatic carbocycles. The maximum absolute atomic E-state index is 5.77. The first-order chi connectivity index (χ1) is 12.4. The quantitative estimate of drug-likeness (QED) is 0.404. The molecule has 126 valence electrons. The molecule has 0 fully saturated rings. The van der Waals surface area contributed by atoms with Gasteiger partial charge in [0, 0.05) is 9.79 Å². The van der Waals surface area contributed by atoms with Crippen molar-refractivity contribution in [2.75, 3.05) is 13.2 Å². The average Bonchev–Trinajstić information content (AvgIpc) is 2.69. The lowest BCUT2D eigenvalue weighted by Gasteiger charge is -2.22. The summed E-state index contributed by atoms with van der Waals surface area (Å²) in [6.45, 7) is 1.23. The van der Waals surface area contributed by atoms with Gasteiger partial charge in [-0.15, -0.1) is 23.5 Å². The summed E-state index contributed by atoms with van der Waals surface area (Å²) in [6.07, 6.45) is 0. The average molecular weight is 367 g/mol. The summed E-state index contributed by atoms with van der Waals surface area (Å²) in [6, 6.07) is 27.3. The van der Waals surface area contributed by atoms with Gasteiger partial charge in [-0.25, -0.2) is 0 Å². The smallest absolute Gasteiger partial charge is 0.161 e. The van der Waals surface area contributed by atoms with Crippen LogP contribution in [0.15, 0.2) is 88.7 Å². The summed E-state index contributed by atoms with van der Waals surface area (Å²) in [5.74, 6) is 1.68. The highest BCUT2D eigenvalue weighted by molar-refractivity contribution is 8.16. The Morgan fingerprint density at radius 2 is 1.20 bits per heavy atom. The normalized spacial score (nSPS) is 13.0. The second kappa shape index (κ2) is 7.89. The van der Waals surface area contributed by atoms with E-state index in [1.807, 2.05) is 41.7 Å². The van der Waals surface area contributed by atoms with Gasteiger partial charge in [0.05, 0.1) is 4.58 Å². The molecular weight excluding hydrogens is 348 g/mol. The fraction of sp³-hybridized carbons (Fsp3) is 0.143. The molecule has 4 rings (SSSR count). The van der Waals surface area contributed by atoms with Crippen molar-refractivity contribution in [3.05, 3.63) is 84.4 Å². The molecule has 0 N–H and O–H groups in total. The van der Waals surface area contributed by atoms with E-state index in [-0.39, 0.29) is 4.58 Å². The molecule has 0 saturated carbocycles. The standard InChI is InChI=1S/C21H18O2S2/c1-3-7-17(8-4-1)24-21(25-18-9-5-2-6-10-18)16-11-12-19-20(15-16)23-14-13-22-19/h1-12,15,21H,13-14H2. The maximum atomic E-state index is 5.77. The lowest BCUT2D eigenvalue weighted by molar-refractivity contribution is 0.171. The predicted octanol–water partition coefficient (Wildman–Crippen LogP) is 6.04. The van der Waals surface area contributed by atoms with Crippen molar-refractivity contribution in [1.82, 2.24) is 0 Å². The van der Waals surface area contributed by atoms with Crippen LogP contribution in [0.2, 0.25) is 0 Å². The zero-order chi connectivity index (χ0) is 16.9. The molecular formula is C21H18O2S2. The predicted molar refractivity (Wildman–Crippen MR) is 105 cm³/mol. The summed E-state index contributed by atoms with van der Waals surface area (Å²) in [5.41, 5.74) is 1.23. The molecule has 0 spiro atoms. The zero-order valence-electron chi connectivity index (χ0n) is 13.6. The fourth-order valence-corrected chi connectivity index (χ4v) is 5.16. The summed E-state index contributed by atoms with van der Waals surface area (Å²) in [5, 5.41) is 0. The van der Waals surface area contributed by atoms with E-state index in [9.17, 15) is 0 Å². The monoisotopic (exact) mass is 366 g/mol. The van der Waals surface area contributed by atoms with Gasteiger partial charge in [-0.05, 0) is 42.0 Å². The first-order valence-electron chi connectivity index (χ1n) is 8.21. The molecule has 0 bridgehead atoms. The van der Waals surface area contributed by atoms with Crippen molar-refractivity contribution >= 4 is 23.5 Å². The van der Waals surface area contributed by atoms with Crippen molar-refractivity contribution in [3.8, 4) is 11.5 Å². The Hall–Kier alpha value is -2.04. The molecule has 0 saturated heterocycles. The summed E-state index contributed by atoms with van der Waals surface area (Å²) in [4.78, 5) is 2.51. The minimum absolute atomic E-state index is 0.237. The van der Waals surface area contributed by atoms with Crippen LogP contribution in [0.3, 0.4) is 0 Å². The number of hydrogen-bond donors (Lipinski definition) is 0. The Morgan fingerprint density at radius 3 is 1.80 bits per heavy atom. The van der Waals surface area contributed by atoms with E-state index in [1.54, 1.807) is 0 Å². The molecule has 25 heavy (non-hydrogen) atoms. The highest BCUT2D eigenvalue weighted by Gasteiger charge is 2.19. The Kier molecular flexibility index (Phi) is 5.19. The Balaban J connectivity index is 1.64. The topological polar surface area (TPSA) is 18.5 Å². The number of hydrogen-bond acceptors (Lipinski definition) is 4. The number of thioether (sulfide) groups is 2. The molecule has 3 aromatic rings. The largest absolute Gasteiger partial charge is 0.486 e. The van der Waals surface area contributed by atoms with E-state index < -0.39 is 0 Å². The van der Waals surface area contributed by atoms with E-state index in [1.165, 1.54) is 15.4 Å². The highest BCUT2D eigenvalue weighted by Crippen LogP contribution is 2.48. The van der Waals surface area contributed by atoms with E-state index in [0.29, 0.717) is 13.2 Å². The second-order valence-electron chi connectivity index (χ2n) is 5.60. The Bertz CT molecular complexity index is 780. The van der Waals surface area contributed by atoms with Gasteiger partial charge in [0.1, 0.15) is 13.2 Å². The van der Waals surface area contributed by atoms with Gasteiger partial charge in [0.25, 0.3) is 0 Å². The molecule has 2 nitrogen and oxygen atoms in total. The van der Waals surface area contributed by atoms with Crippen molar-refractivity contribution in [2.24, 2.45) is 0 Å². The lowest BCUT2D eigenvalue weighted by Crippen LogP contribution is -2.15. The van der Waals surface area contributed by atoms with Gasteiger partial charge >= 0.3 is 0 Å². The summed E-state index contributed by atoms with van der Waals surface area (Å²) >= 11 is 3.71. The number of rotatable bonds is 5. The highest BCUT2D eigenvalue weighted by atomic mass is 32.2. The number of ether oxygens (including phenoxy) is 2. The first-order valence-corrected chi connectivity index (χ1v) is 9.97. The van der Waals surface area contributed by atoms with Crippen LogP contribution in [-0.2, 0) is 0 Å². The van der Waals surface area contributed by atoms with E-state index in [0.717, 1.165) is 11.5 Å². The third-order valence-corrected chi connectivity index (χ3v) is 6.45. The van der Waals surface area contributed by atoms with Crippen LogP contribution in [-0.4, -0.2) is 13.2 Å². The molecule has 1 aliphatic rings. The molecule has 0 unspecified atom stereocenters. The molecule has 0 radical (unpaired) electrons. The van der Waals surface area contributed by atoms with Crippen LogP contribution in [0.25, 0.3) is 0 Å².